The first-order valence-corrected chi connectivity index (χ1v) is 7.08. The molecule has 1 aromatic rings. The molecule has 5 nitrogen and oxygen atoms in total. The Hall–Kier alpha value is -1.01. The molecule has 0 saturated heterocycles. The van der Waals surface area contributed by atoms with Gasteiger partial charge in [-0.2, -0.15) is 0 Å². The Balaban J connectivity index is 1.85. The second kappa shape index (κ2) is 5.32. The van der Waals surface area contributed by atoms with Gasteiger partial charge in [-0.25, -0.2) is 4.98 Å². The van der Waals surface area contributed by atoms with E-state index in [0.29, 0.717) is 11.6 Å². The van der Waals surface area contributed by atoms with Crippen LogP contribution in [0.5, 0.6) is 0 Å². The third kappa shape index (κ3) is 2.70. The number of aliphatic carboxylic acids is 1. The average Bonchev–Trinajstić information content (AvgIpc) is 2.87. The maximum atomic E-state index is 11.2. The van der Waals surface area contributed by atoms with Gasteiger partial charge < -0.3 is 15.3 Å². The number of hydrogen-bond acceptors (Lipinski definition) is 5. The number of nitrogens with zero attached hydrogens (tertiary/aromatic N) is 1. The summed E-state index contributed by atoms with van der Waals surface area (Å²) in [5, 5.41) is 9.84. The lowest BCUT2D eigenvalue weighted by Gasteiger charge is -2.26. The second-order valence-corrected chi connectivity index (χ2v) is 5.87. The van der Waals surface area contributed by atoms with Gasteiger partial charge in [-0.15, -0.1) is 0 Å². The van der Waals surface area contributed by atoms with E-state index in [2.05, 4.69) is 4.98 Å². The van der Waals surface area contributed by atoms with Gasteiger partial charge in [-0.3, -0.25) is 4.79 Å². The van der Waals surface area contributed by atoms with Gasteiger partial charge in [0.25, 0.3) is 5.22 Å². The van der Waals surface area contributed by atoms with Crippen molar-refractivity contribution in [3.63, 3.8) is 0 Å². The molecule has 2 atom stereocenters. The minimum absolute atomic E-state index is 0.0542. The summed E-state index contributed by atoms with van der Waals surface area (Å²) < 4.78 is 5.23. The molecule has 0 spiro atoms. The van der Waals surface area contributed by atoms with Crippen LogP contribution in [0.2, 0.25) is 0 Å². The Kier molecular flexibility index (Phi) is 3.97. The molecule has 2 rings (SSSR count). The summed E-state index contributed by atoms with van der Waals surface area (Å²) in [7, 11) is 0. The van der Waals surface area contributed by atoms with Gasteiger partial charge in [0.2, 0.25) is 0 Å². The third-order valence-corrected chi connectivity index (χ3v) is 4.43. The summed E-state index contributed by atoms with van der Waals surface area (Å²) in [6.07, 6.45) is 4.78. The van der Waals surface area contributed by atoms with Crippen LogP contribution in [0.3, 0.4) is 0 Å². The second-order valence-electron chi connectivity index (χ2n) is 4.83. The molecule has 0 aliphatic heterocycles. The Labute approximate surface area is 110 Å². The highest BCUT2D eigenvalue weighted by Gasteiger charge is 2.45. The van der Waals surface area contributed by atoms with E-state index in [9.17, 15) is 9.90 Å². The van der Waals surface area contributed by atoms with Crippen molar-refractivity contribution in [1.29, 1.82) is 0 Å². The number of oxazole rings is 1. The number of thioether (sulfide) groups is 1. The molecule has 0 aromatic carbocycles. The summed E-state index contributed by atoms with van der Waals surface area (Å²) in [5.74, 6) is -0.0304. The Bertz CT molecular complexity index is 435. The van der Waals surface area contributed by atoms with Gasteiger partial charge in [-0.1, -0.05) is 18.2 Å². The van der Waals surface area contributed by atoms with Crippen molar-refractivity contribution in [2.75, 3.05) is 5.75 Å². The van der Waals surface area contributed by atoms with E-state index >= 15 is 0 Å². The van der Waals surface area contributed by atoms with Gasteiger partial charge in [0.1, 0.15) is 11.8 Å². The highest BCUT2D eigenvalue weighted by atomic mass is 32.2. The highest BCUT2D eigenvalue weighted by molar-refractivity contribution is 7.99. The van der Waals surface area contributed by atoms with Crippen molar-refractivity contribution < 1.29 is 14.3 Å². The molecule has 1 aliphatic rings. The molecule has 1 fully saturated rings. The van der Waals surface area contributed by atoms with Crippen LogP contribution in [0.25, 0.3) is 0 Å². The van der Waals surface area contributed by atoms with Crippen LogP contribution in [-0.2, 0) is 4.79 Å². The SMILES string of the molecule is Cc1coc(SCCC2CCCC2(N)C(=O)O)n1. The average molecular weight is 270 g/mol. The van der Waals surface area contributed by atoms with E-state index in [1.807, 2.05) is 6.92 Å². The zero-order valence-corrected chi connectivity index (χ0v) is 11.2. The smallest absolute Gasteiger partial charge is 0.323 e. The number of rotatable bonds is 5. The number of aromatic nitrogens is 1. The predicted octanol–water partition coefficient (Wildman–Crippen LogP) is 2.05. The highest BCUT2D eigenvalue weighted by Crippen LogP contribution is 2.37. The van der Waals surface area contributed by atoms with Crippen LogP contribution >= 0.6 is 11.8 Å². The molecule has 100 valence electrons. The minimum atomic E-state index is -1.03. The number of carbonyl (C=O) groups is 1. The van der Waals surface area contributed by atoms with Gasteiger partial charge >= 0.3 is 5.97 Å². The van der Waals surface area contributed by atoms with Crippen LogP contribution in [0, 0.1) is 12.8 Å². The first-order chi connectivity index (χ1) is 8.52. The van der Waals surface area contributed by atoms with Crippen LogP contribution < -0.4 is 5.73 Å². The fourth-order valence-corrected chi connectivity index (χ4v) is 3.37. The van der Waals surface area contributed by atoms with Gasteiger partial charge in [0.05, 0.1) is 5.69 Å². The largest absolute Gasteiger partial charge is 0.480 e. The first-order valence-electron chi connectivity index (χ1n) is 6.09. The molecule has 18 heavy (non-hydrogen) atoms. The van der Waals surface area contributed by atoms with E-state index in [4.69, 9.17) is 10.2 Å². The maximum Gasteiger partial charge on any atom is 0.323 e. The van der Waals surface area contributed by atoms with Crippen molar-refractivity contribution in [3.05, 3.63) is 12.0 Å². The van der Waals surface area contributed by atoms with E-state index in [-0.39, 0.29) is 5.92 Å². The molecular weight excluding hydrogens is 252 g/mol. The number of nitrogens with two attached hydrogens (primary N) is 1. The monoisotopic (exact) mass is 270 g/mol. The van der Waals surface area contributed by atoms with Crippen molar-refractivity contribution >= 4 is 17.7 Å². The van der Waals surface area contributed by atoms with Gasteiger partial charge in [0.15, 0.2) is 0 Å². The summed E-state index contributed by atoms with van der Waals surface area (Å²) in [4.78, 5) is 15.4. The first kappa shape index (κ1) is 13.4. The van der Waals surface area contributed by atoms with Gasteiger partial charge in [0, 0.05) is 5.75 Å². The summed E-state index contributed by atoms with van der Waals surface area (Å²) in [5.41, 5.74) is 5.81. The van der Waals surface area contributed by atoms with Crippen molar-refractivity contribution in [1.82, 2.24) is 4.98 Å². The minimum Gasteiger partial charge on any atom is -0.480 e. The van der Waals surface area contributed by atoms with E-state index in [0.717, 1.165) is 30.7 Å². The number of aryl methyl sites for hydroxylation is 1. The lowest BCUT2D eigenvalue weighted by molar-refractivity contribution is -0.144. The lowest BCUT2D eigenvalue weighted by Crippen LogP contribution is -2.51. The number of carboxylic acids is 1. The van der Waals surface area contributed by atoms with Crippen molar-refractivity contribution in [3.8, 4) is 0 Å². The Morgan fingerprint density at radius 3 is 3.17 bits per heavy atom. The molecule has 2 unspecified atom stereocenters. The molecule has 6 heteroatoms. The van der Waals surface area contributed by atoms with E-state index in [1.165, 1.54) is 11.8 Å². The lowest BCUT2D eigenvalue weighted by atomic mass is 9.86. The Morgan fingerprint density at radius 2 is 2.56 bits per heavy atom. The summed E-state index contributed by atoms with van der Waals surface area (Å²) in [6, 6.07) is 0. The van der Waals surface area contributed by atoms with E-state index in [1.54, 1.807) is 6.26 Å². The number of carboxylic acid groups (broad SMARTS) is 1. The zero-order chi connectivity index (χ0) is 13.2. The normalized spacial score (nSPS) is 27.6. The standard InChI is InChI=1S/C12H18N2O3S/c1-8-7-17-11(14-8)18-6-4-9-3-2-5-12(9,13)10(15)16/h7,9H,2-6,13H2,1H3,(H,15,16). The molecule has 0 amide bonds. The van der Waals surface area contributed by atoms with Crippen LogP contribution in [0.15, 0.2) is 15.9 Å². The fraction of sp³-hybridized carbons (Fsp3) is 0.667. The Morgan fingerprint density at radius 1 is 1.78 bits per heavy atom. The molecule has 1 saturated carbocycles. The molecule has 0 bridgehead atoms. The van der Waals surface area contributed by atoms with Gasteiger partial charge in [-0.05, 0) is 32.1 Å². The molecule has 1 aliphatic carbocycles. The molecule has 1 aromatic heterocycles. The maximum absolute atomic E-state index is 11.2. The fourth-order valence-electron chi connectivity index (χ4n) is 2.47. The number of hydrogen-bond donors (Lipinski definition) is 2. The molecule has 3 N–H and O–H groups in total. The molecular formula is C12H18N2O3S. The van der Waals surface area contributed by atoms with Crippen LogP contribution in [0.4, 0.5) is 0 Å². The van der Waals surface area contributed by atoms with Crippen molar-refractivity contribution in [2.45, 2.75) is 43.4 Å². The molecule has 0 radical (unpaired) electrons. The van der Waals surface area contributed by atoms with Crippen molar-refractivity contribution in [2.24, 2.45) is 11.7 Å². The topological polar surface area (TPSA) is 89.3 Å². The quantitative estimate of drug-likeness (QED) is 0.796. The zero-order valence-electron chi connectivity index (χ0n) is 10.4. The third-order valence-electron chi connectivity index (χ3n) is 3.56. The van der Waals surface area contributed by atoms with Crippen LogP contribution in [-0.4, -0.2) is 27.4 Å². The molecule has 1 heterocycles. The van der Waals surface area contributed by atoms with E-state index < -0.39 is 11.5 Å². The summed E-state index contributed by atoms with van der Waals surface area (Å²) >= 11 is 1.51. The summed E-state index contributed by atoms with van der Waals surface area (Å²) in [6.45, 7) is 1.87. The predicted molar refractivity (Wildman–Crippen MR) is 68.5 cm³/mol. The van der Waals surface area contributed by atoms with Crippen LogP contribution in [0.1, 0.15) is 31.4 Å².